The summed E-state index contributed by atoms with van der Waals surface area (Å²) >= 11 is 0. The van der Waals surface area contributed by atoms with Crippen molar-refractivity contribution in [3.8, 4) is 0 Å². The van der Waals surface area contributed by atoms with Gasteiger partial charge in [-0.25, -0.2) is 4.98 Å². The van der Waals surface area contributed by atoms with Crippen LogP contribution in [0.2, 0.25) is 0 Å². The molecule has 4 N–H and O–H groups in total. The van der Waals surface area contributed by atoms with Gasteiger partial charge in [-0.2, -0.15) is 0 Å². The van der Waals surface area contributed by atoms with Crippen molar-refractivity contribution >= 4 is 11.7 Å². The molecule has 0 radical (unpaired) electrons. The van der Waals surface area contributed by atoms with Crippen LogP contribution in [0.1, 0.15) is 48.3 Å². The van der Waals surface area contributed by atoms with Crippen LogP contribution in [0.15, 0.2) is 23.4 Å². The maximum Gasteiger partial charge on any atom is 0.270 e. The standard InChI is InChI=1S/C14H20N4O2/c1-10-6-5-7-11(16-10)12(19)17-14(13(15)18-20)8-3-2-4-9-14/h5-7,20H,2-4,8-9H2,1H3,(H2,15,18)(H,17,19). The van der Waals surface area contributed by atoms with Gasteiger partial charge in [0.15, 0.2) is 5.84 Å². The average Bonchev–Trinajstić information content (AvgIpc) is 2.47. The van der Waals surface area contributed by atoms with Crippen molar-refractivity contribution in [2.24, 2.45) is 10.9 Å². The van der Waals surface area contributed by atoms with Crippen molar-refractivity contribution in [3.63, 3.8) is 0 Å². The Morgan fingerprint density at radius 3 is 2.70 bits per heavy atom. The summed E-state index contributed by atoms with van der Waals surface area (Å²) in [6.45, 7) is 1.83. The molecular formula is C14H20N4O2. The number of carbonyl (C=O) groups excluding carboxylic acids is 1. The van der Waals surface area contributed by atoms with Gasteiger partial charge < -0.3 is 16.3 Å². The third kappa shape index (κ3) is 2.89. The van der Waals surface area contributed by atoms with Gasteiger partial charge in [0.2, 0.25) is 0 Å². The molecule has 20 heavy (non-hydrogen) atoms. The normalized spacial score (nSPS) is 18.6. The van der Waals surface area contributed by atoms with Gasteiger partial charge in [0.05, 0.1) is 0 Å². The predicted molar refractivity (Wildman–Crippen MR) is 75.7 cm³/mol. The monoisotopic (exact) mass is 276 g/mol. The smallest absolute Gasteiger partial charge is 0.270 e. The summed E-state index contributed by atoms with van der Waals surface area (Å²) in [4.78, 5) is 16.5. The van der Waals surface area contributed by atoms with Gasteiger partial charge in [-0.1, -0.05) is 30.5 Å². The first-order chi connectivity index (χ1) is 9.57. The first-order valence-electron chi connectivity index (χ1n) is 6.81. The molecule has 2 rings (SSSR count). The zero-order valence-corrected chi connectivity index (χ0v) is 11.6. The molecule has 1 aromatic rings. The molecule has 1 aliphatic rings. The molecule has 1 aromatic heterocycles. The molecular weight excluding hydrogens is 256 g/mol. The highest BCUT2D eigenvalue weighted by atomic mass is 16.4. The van der Waals surface area contributed by atoms with E-state index in [4.69, 9.17) is 10.9 Å². The fraction of sp³-hybridized carbons (Fsp3) is 0.500. The third-order valence-electron chi connectivity index (χ3n) is 3.78. The number of pyridine rings is 1. The van der Waals surface area contributed by atoms with E-state index in [1.165, 1.54) is 0 Å². The minimum atomic E-state index is -0.754. The number of nitrogens with two attached hydrogens (primary N) is 1. The number of nitrogens with zero attached hydrogens (tertiary/aromatic N) is 2. The van der Waals surface area contributed by atoms with Gasteiger partial charge in [-0.3, -0.25) is 4.79 Å². The highest BCUT2D eigenvalue weighted by Crippen LogP contribution is 2.28. The lowest BCUT2D eigenvalue weighted by Gasteiger charge is -2.36. The second-order valence-corrected chi connectivity index (χ2v) is 5.25. The molecule has 1 saturated carbocycles. The van der Waals surface area contributed by atoms with Crippen LogP contribution in [0, 0.1) is 6.92 Å². The molecule has 6 nitrogen and oxygen atoms in total. The summed E-state index contributed by atoms with van der Waals surface area (Å²) in [6.07, 6.45) is 4.34. The Bertz CT molecular complexity index is 522. The summed E-state index contributed by atoms with van der Waals surface area (Å²) < 4.78 is 0. The molecule has 108 valence electrons. The maximum absolute atomic E-state index is 12.3. The number of nitrogens with one attached hydrogen (secondary N) is 1. The number of rotatable bonds is 3. The Morgan fingerprint density at radius 1 is 1.40 bits per heavy atom. The number of amidine groups is 1. The predicted octanol–water partition coefficient (Wildman–Crippen LogP) is 1.57. The van der Waals surface area contributed by atoms with Gasteiger partial charge in [-0.05, 0) is 31.9 Å². The number of amides is 1. The molecule has 0 spiro atoms. The van der Waals surface area contributed by atoms with E-state index in [9.17, 15) is 4.79 Å². The van der Waals surface area contributed by atoms with Crippen LogP contribution in [0.4, 0.5) is 0 Å². The van der Waals surface area contributed by atoms with Crippen LogP contribution in [-0.2, 0) is 0 Å². The molecule has 1 amide bonds. The third-order valence-corrected chi connectivity index (χ3v) is 3.78. The number of aromatic nitrogens is 1. The maximum atomic E-state index is 12.3. The van der Waals surface area contributed by atoms with Crippen molar-refractivity contribution in [1.82, 2.24) is 10.3 Å². The highest BCUT2D eigenvalue weighted by molar-refractivity contribution is 5.99. The van der Waals surface area contributed by atoms with E-state index in [-0.39, 0.29) is 11.7 Å². The SMILES string of the molecule is Cc1cccc(C(=O)NC2(/C(N)=N/O)CCCCC2)n1. The first-order valence-corrected chi connectivity index (χ1v) is 6.81. The molecule has 0 aliphatic heterocycles. The van der Waals surface area contributed by atoms with E-state index in [1.807, 2.05) is 13.0 Å². The zero-order valence-electron chi connectivity index (χ0n) is 11.6. The minimum Gasteiger partial charge on any atom is -0.409 e. The van der Waals surface area contributed by atoms with E-state index in [1.54, 1.807) is 12.1 Å². The lowest BCUT2D eigenvalue weighted by atomic mass is 9.80. The zero-order chi connectivity index (χ0) is 14.6. The molecule has 0 unspecified atom stereocenters. The van der Waals surface area contributed by atoms with Gasteiger partial charge in [-0.15, -0.1) is 0 Å². The minimum absolute atomic E-state index is 0.0678. The average molecular weight is 276 g/mol. The number of hydrogen-bond acceptors (Lipinski definition) is 4. The van der Waals surface area contributed by atoms with Crippen LogP contribution >= 0.6 is 0 Å². The van der Waals surface area contributed by atoms with E-state index >= 15 is 0 Å². The number of carbonyl (C=O) groups is 1. The molecule has 0 atom stereocenters. The Kier molecular flexibility index (Phi) is 4.22. The second-order valence-electron chi connectivity index (χ2n) is 5.25. The number of oxime groups is 1. The Labute approximate surface area is 118 Å². The fourth-order valence-electron chi connectivity index (χ4n) is 2.65. The highest BCUT2D eigenvalue weighted by Gasteiger charge is 2.38. The summed E-state index contributed by atoms with van der Waals surface area (Å²) in [5.74, 6) is -0.222. The summed E-state index contributed by atoms with van der Waals surface area (Å²) in [5.41, 5.74) is 6.17. The largest absolute Gasteiger partial charge is 0.409 e. The molecule has 1 aliphatic carbocycles. The summed E-state index contributed by atoms with van der Waals surface area (Å²) in [6, 6.07) is 5.27. The molecule has 0 saturated heterocycles. The lowest BCUT2D eigenvalue weighted by molar-refractivity contribution is 0.0900. The van der Waals surface area contributed by atoms with Crippen molar-refractivity contribution in [2.45, 2.75) is 44.6 Å². The van der Waals surface area contributed by atoms with Crippen LogP contribution in [0.5, 0.6) is 0 Å². The fourth-order valence-corrected chi connectivity index (χ4v) is 2.65. The number of aryl methyl sites for hydroxylation is 1. The van der Waals surface area contributed by atoms with E-state index in [0.717, 1.165) is 25.0 Å². The quantitative estimate of drug-likeness (QED) is 0.337. The summed E-state index contributed by atoms with van der Waals surface area (Å²) in [7, 11) is 0. The van der Waals surface area contributed by atoms with Gasteiger partial charge >= 0.3 is 0 Å². The number of hydrogen-bond donors (Lipinski definition) is 3. The van der Waals surface area contributed by atoms with Crippen LogP contribution in [-0.4, -0.2) is 27.5 Å². The molecule has 0 bridgehead atoms. The van der Waals surface area contributed by atoms with Crippen LogP contribution in [0.25, 0.3) is 0 Å². The van der Waals surface area contributed by atoms with Crippen LogP contribution < -0.4 is 11.1 Å². The van der Waals surface area contributed by atoms with Crippen molar-refractivity contribution < 1.29 is 10.0 Å². The molecule has 1 fully saturated rings. The van der Waals surface area contributed by atoms with E-state index in [2.05, 4.69) is 15.5 Å². The second kappa shape index (κ2) is 5.90. The Hall–Kier alpha value is -2.11. The Balaban J connectivity index is 2.22. The topological polar surface area (TPSA) is 101 Å². The van der Waals surface area contributed by atoms with Crippen molar-refractivity contribution in [1.29, 1.82) is 0 Å². The molecule has 6 heteroatoms. The van der Waals surface area contributed by atoms with Gasteiger partial charge in [0, 0.05) is 5.69 Å². The lowest BCUT2D eigenvalue weighted by Crippen LogP contribution is -2.58. The Morgan fingerprint density at radius 2 is 2.10 bits per heavy atom. The first kappa shape index (κ1) is 14.3. The van der Waals surface area contributed by atoms with Crippen molar-refractivity contribution in [3.05, 3.63) is 29.6 Å². The molecule has 1 heterocycles. The van der Waals surface area contributed by atoms with Crippen molar-refractivity contribution in [2.75, 3.05) is 0 Å². The van der Waals surface area contributed by atoms with Gasteiger partial charge in [0.25, 0.3) is 5.91 Å². The molecule has 0 aromatic carbocycles. The van der Waals surface area contributed by atoms with Crippen LogP contribution in [0.3, 0.4) is 0 Å². The van der Waals surface area contributed by atoms with Gasteiger partial charge in [0.1, 0.15) is 11.2 Å². The summed E-state index contributed by atoms with van der Waals surface area (Å²) in [5, 5.41) is 15.0. The van der Waals surface area contributed by atoms with E-state index in [0.29, 0.717) is 18.5 Å². The van der Waals surface area contributed by atoms with E-state index < -0.39 is 5.54 Å².